The second-order valence-corrected chi connectivity index (χ2v) is 31.4. The highest BCUT2D eigenvalue weighted by Crippen LogP contribution is 2.45. The fourth-order valence-corrected chi connectivity index (χ4v) is 13.4. The summed E-state index contributed by atoms with van der Waals surface area (Å²) in [4.78, 5) is 72.8. The fraction of sp³-hybridized carbons (Fsp3) is 0.948. The van der Waals surface area contributed by atoms with Gasteiger partial charge in [-0.2, -0.15) is 0 Å². The van der Waals surface area contributed by atoms with Crippen LogP contribution in [-0.2, 0) is 65.4 Å². The lowest BCUT2D eigenvalue weighted by atomic mass is 9.99. The molecular formula is C77H150O17P2. The second kappa shape index (κ2) is 68.8. The van der Waals surface area contributed by atoms with Crippen LogP contribution in [0.25, 0.3) is 0 Å². The summed E-state index contributed by atoms with van der Waals surface area (Å²) in [5.74, 6) is -0.485. The van der Waals surface area contributed by atoms with E-state index in [9.17, 15) is 43.2 Å². The number of aliphatic hydroxyl groups is 1. The number of carbonyl (C=O) groups is 4. The van der Waals surface area contributed by atoms with Crippen molar-refractivity contribution in [1.82, 2.24) is 0 Å². The van der Waals surface area contributed by atoms with Gasteiger partial charge < -0.3 is 33.8 Å². The number of hydrogen-bond donors (Lipinski definition) is 3. The van der Waals surface area contributed by atoms with E-state index in [1.165, 1.54) is 218 Å². The van der Waals surface area contributed by atoms with Crippen LogP contribution in [0.1, 0.15) is 401 Å². The third-order valence-electron chi connectivity index (χ3n) is 18.3. The standard InChI is InChI=1S/C77H150O17P2/c1-7-10-12-14-16-18-28-37-43-49-55-61-76(81)93-72(65-87-74(79)59-53-47-41-35-19-17-15-13-11-8-2)67-91-95(83,84)89-63-71(78)64-90-96(85,86)92-68-73(66-88-75(80)60-54-48-42-36-32-31-33-39-45-51-57-69(4)5)94-77(82)62-56-50-44-38-30-27-25-23-21-20-22-24-26-29-34-40-46-52-58-70(6)9-3/h69-73,78H,7-68H2,1-6H3,(H,83,84)(H,85,86)/t70?,71-,72+,73+/m0/s1. The summed E-state index contributed by atoms with van der Waals surface area (Å²) in [5.41, 5.74) is 0. The Labute approximate surface area is 588 Å². The Morgan fingerprint density at radius 2 is 0.531 bits per heavy atom. The van der Waals surface area contributed by atoms with E-state index in [1.54, 1.807) is 0 Å². The molecular weight excluding hydrogens is 1260 g/mol. The van der Waals surface area contributed by atoms with Crippen LogP contribution in [0.5, 0.6) is 0 Å². The van der Waals surface area contributed by atoms with Gasteiger partial charge in [-0.15, -0.1) is 0 Å². The van der Waals surface area contributed by atoms with E-state index < -0.39 is 97.5 Å². The van der Waals surface area contributed by atoms with E-state index in [2.05, 4.69) is 41.5 Å². The van der Waals surface area contributed by atoms with Gasteiger partial charge in [0, 0.05) is 25.7 Å². The van der Waals surface area contributed by atoms with Gasteiger partial charge in [-0.1, -0.05) is 350 Å². The highest BCUT2D eigenvalue weighted by Gasteiger charge is 2.30. The van der Waals surface area contributed by atoms with Crippen molar-refractivity contribution in [3.05, 3.63) is 0 Å². The first-order valence-electron chi connectivity index (χ1n) is 40.0. The minimum atomic E-state index is -4.96. The molecule has 0 aliphatic rings. The third kappa shape index (κ3) is 69.2. The zero-order valence-electron chi connectivity index (χ0n) is 62.7. The molecule has 3 unspecified atom stereocenters. The van der Waals surface area contributed by atoms with Gasteiger partial charge in [0.1, 0.15) is 19.3 Å². The van der Waals surface area contributed by atoms with E-state index >= 15 is 0 Å². The van der Waals surface area contributed by atoms with Crippen LogP contribution in [0.3, 0.4) is 0 Å². The molecule has 0 aromatic carbocycles. The first-order valence-corrected chi connectivity index (χ1v) is 43.0. The van der Waals surface area contributed by atoms with E-state index in [4.69, 9.17) is 37.0 Å². The summed E-state index contributed by atoms with van der Waals surface area (Å²) in [6.45, 7) is 9.65. The van der Waals surface area contributed by atoms with Crippen LogP contribution in [0.2, 0.25) is 0 Å². The monoisotopic (exact) mass is 1410 g/mol. The van der Waals surface area contributed by atoms with Crippen LogP contribution in [0, 0.1) is 11.8 Å². The lowest BCUT2D eigenvalue weighted by Crippen LogP contribution is -2.30. The molecule has 0 aromatic heterocycles. The summed E-state index contributed by atoms with van der Waals surface area (Å²) in [7, 11) is -9.91. The van der Waals surface area contributed by atoms with Gasteiger partial charge >= 0.3 is 39.5 Å². The van der Waals surface area contributed by atoms with Gasteiger partial charge in [0.25, 0.3) is 0 Å². The molecule has 19 heteroatoms. The summed E-state index contributed by atoms with van der Waals surface area (Å²) in [6, 6.07) is 0. The van der Waals surface area contributed by atoms with Crippen LogP contribution < -0.4 is 0 Å². The number of ether oxygens (including phenoxy) is 4. The molecule has 0 fully saturated rings. The van der Waals surface area contributed by atoms with Gasteiger partial charge in [0.2, 0.25) is 0 Å². The number of phosphoric acid groups is 2. The molecule has 0 saturated heterocycles. The maximum atomic E-state index is 13.1. The van der Waals surface area contributed by atoms with Crippen molar-refractivity contribution < 1.29 is 80.2 Å². The van der Waals surface area contributed by atoms with Crippen LogP contribution in [0.15, 0.2) is 0 Å². The molecule has 570 valence electrons. The Morgan fingerprint density at radius 1 is 0.302 bits per heavy atom. The molecule has 0 rings (SSSR count). The number of esters is 4. The summed E-state index contributed by atoms with van der Waals surface area (Å²) >= 11 is 0. The van der Waals surface area contributed by atoms with Gasteiger partial charge in [-0.3, -0.25) is 37.3 Å². The van der Waals surface area contributed by atoms with Crippen molar-refractivity contribution in [3.8, 4) is 0 Å². The number of unbranched alkanes of at least 4 members (excludes halogenated alkanes) is 45. The Balaban J connectivity index is 5.18. The minimum Gasteiger partial charge on any atom is -0.462 e. The normalized spacial score (nSPS) is 14.3. The number of phosphoric ester groups is 2. The van der Waals surface area contributed by atoms with Gasteiger partial charge in [-0.05, 0) is 37.5 Å². The van der Waals surface area contributed by atoms with Crippen molar-refractivity contribution in [3.63, 3.8) is 0 Å². The Morgan fingerprint density at radius 3 is 0.792 bits per heavy atom. The quantitative estimate of drug-likeness (QED) is 0.0222. The first kappa shape index (κ1) is 94.1. The molecule has 0 aromatic rings. The molecule has 0 aliphatic heterocycles. The number of carbonyl (C=O) groups excluding carboxylic acids is 4. The second-order valence-electron chi connectivity index (χ2n) is 28.5. The van der Waals surface area contributed by atoms with Crippen LogP contribution >= 0.6 is 15.6 Å². The first-order chi connectivity index (χ1) is 46.4. The maximum absolute atomic E-state index is 13.1. The highest BCUT2D eigenvalue weighted by molar-refractivity contribution is 7.47. The molecule has 3 N–H and O–H groups in total. The number of hydrogen-bond acceptors (Lipinski definition) is 15. The summed E-state index contributed by atoms with van der Waals surface area (Å²) < 4.78 is 68.5. The Bertz CT molecular complexity index is 1860. The molecule has 0 radical (unpaired) electrons. The van der Waals surface area contributed by atoms with Gasteiger partial charge in [-0.25, -0.2) is 9.13 Å². The van der Waals surface area contributed by atoms with Crippen molar-refractivity contribution >= 4 is 39.5 Å². The molecule has 0 heterocycles. The number of rotatable bonds is 76. The fourth-order valence-electron chi connectivity index (χ4n) is 11.8. The minimum absolute atomic E-state index is 0.107. The highest BCUT2D eigenvalue weighted by atomic mass is 31.2. The molecule has 6 atom stereocenters. The van der Waals surface area contributed by atoms with Crippen molar-refractivity contribution in [2.75, 3.05) is 39.6 Å². The lowest BCUT2D eigenvalue weighted by molar-refractivity contribution is -0.161. The SMILES string of the molecule is CCCCCCCCCCCCCC(=O)O[C@H](COC(=O)CCCCCCCCCCCC)COP(=O)(O)OC[C@H](O)COP(=O)(O)OC[C@@H](COC(=O)CCCCCCCCCCCCC(C)C)OC(=O)CCCCCCCCCCCCCCCCCCCCC(C)CC. The molecule has 0 bridgehead atoms. The molecule has 0 saturated carbocycles. The molecule has 17 nitrogen and oxygen atoms in total. The molecule has 0 spiro atoms. The average Bonchev–Trinajstić information content (AvgIpc) is 1.15. The van der Waals surface area contributed by atoms with Crippen LogP contribution in [-0.4, -0.2) is 96.7 Å². The van der Waals surface area contributed by atoms with Crippen molar-refractivity contribution in [1.29, 1.82) is 0 Å². The van der Waals surface area contributed by atoms with E-state index in [-0.39, 0.29) is 25.7 Å². The van der Waals surface area contributed by atoms with E-state index in [1.807, 2.05) is 0 Å². The van der Waals surface area contributed by atoms with Crippen LogP contribution in [0.4, 0.5) is 0 Å². The van der Waals surface area contributed by atoms with Gasteiger partial charge in [0.05, 0.1) is 26.4 Å². The maximum Gasteiger partial charge on any atom is 0.472 e. The van der Waals surface area contributed by atoms with Crippen molar-refractivity contribution in [2.45, 2.75) is 419 Å². The predicted molar refractivity (Wildman–Crippen MR) is 391 cm³/mol. The largest absolute Gasteiger partial charge is 0.472 e. The van der Waals surface area contributed by atoms with E-state index in [0.717, 1.165) is 102 Å². The molecule has 96 heavy (non-hydrogen) atoms. The molecule has 0 amide bonds. The van der Waals surface area contributed by atoms with E-state index in [0.29, 0.717) is 25.7 Å². The summed E-state index contributed by atoms with van der Waals surface area (Å²) in [6.07, 6.45) is 56.8. The average molecular weight is 1410 g/mol. The van der Waals surface area contributed by atoms with Crippen molar-refractivity contribution in [2.24, 2.45) is 11.8 Å². The Hall–Kier alpha value is -1.94. The molecule has 0 aliphatic carbocycles. The zero-order valence-corrected chi connectivity index (χ0v) is 64.5. The summed E-state index contributed by atoms with van der Waals surface area (Å²) in [5, 5.41) is 10.6. The Kier molecular flexibility index (Phi) is 67.4. The third-order valence-corrected chi connectivity index (χ3v) is 20.2. The van der Waals surface area contributed by atoms with Gasteiger partial charge in [0.15, 0.2) is 12.2 Å². The number of aliphatic hydroxyl groups excluding tert-OH is 1. The lowest BCUT2D eigenvalue weighted by Gasteiger charge is -2.21. The zero-order chi connectivity index (χ0) is 70.7. The predicted octanol–water partition coefficient (Wildman–Crippen LogP) is 22.7. The smallest absolute Gasteiger partial charge is 0.462 e. The topological polar surface area (TPSA) is 237 Å².